The first-order valence-electron chi connectivity index (χ1n) is 6.29. The first-order valence-corrected chi connectivity index (χ1v) is 6.29. The van der Waals surface area contributed by atoms with E-state index in [1.54, 1.807) is 0 Å². The summed E-state index contributed by atoms with van der Waals surface area (Å²) in [6.45, 7) is 6.54. The van der Waals surface area contributed by atoms with E-state index in [2.05, 4.69) is 28.8 Å². The molecule has 0 bridgehead atoms. The molecule has 1 unspecified atom stereocenters. The number of carbonyl (C=O) groups is 1. The highest BCUT2D eigenvalue weighted by atomic mass is 16.1. The Morgan fingerprint density at radius 3 is 2.94 bits per heavy atom. The van der Waals surface area contributed by atoms with Crippen LogP contribution in [0.2, 0.25) is 0 Å². The molecule has 2 rings (SSSR count). The SMILES string of the molecule is CCC(C)C(=O)NCc1ccc2c(c1)CNC2. The summed E-state index contributed by atoms with van der Waals surface area (Å²) in [6.07, 6.45) is 0.889. The van der Waals surface area contributed by atoms with Crippen LogP contribution in [0.25, 0.3) is 0 Å². The van der Waals surface area contributed by atoms with E-state index in [0.717, 1.165) is 19.5 Å². The largest absolute Gasteiger partial charge is 0.352 e. The van der Waals surface area contributed by atoms with Crippen LogP contribution in [0.15, 0.2) is 18.2 Å². The van der Waals surface area contributed by atoms with Gasteiger partial charge in [0.05, 0.1) is 0 Å². The lowest BCUT2D eigenvalue weighted by Crippen LogP contribution is -2.28. The summed E-state index contributed by atoms with van der Waals surface area (Å²) in [6, 6.07) is 6.44. The summed E-state index contributed by atoms with van der Waals surface area (Å²) in [5, 5.41) is 6.30. The fraction of sp³-hybridized carbons (Fsp3) is 0.500. The Morgan fingerprint density at radius 1 is 1.41 bits per heavy atom. The van der Waals surface area contributed by atoms with Crippen LogP contribution < -0.4 is 10.6 Å². The number of hydrogen-bond donors (Lipinski definition) is 2. The number of benzene rings is 1. The van der Waals surface area contributed by atoms with Crippen LogP contribution in [0.5, 0.6) is 0 Å². The van der Waals surface area contributed by atoms with Gasteiger partial charge in [-0.1, -0.05) is 32.0 Å². The lowest BCUT2D eigenvalue weighted by Gasteiger charge is -2.10. The summed E-state index contributed by atoms with van der Waals surface area (Å²) in [5.74, 6) is 0.247. The standard InChI is InChI=1S/C14H20N2O/c1-3-10(2)14(17)16-7-11-4-5-12-8-15-9-13(12)6-11/h4-6,10,15H,3,7-9H2,1-2H3,(H,16,17). The molecular weight excluding hydrogens is 212 g/mol. The molecule has 92 valence electrons. The Bertz CT molecular complexity index is 415. The van der Waals surface area contributed by atoms with Crippen LogP contribution in [0.1, 0.15) is 37.0 Å². The zero-order chi connectivity index (χ0) is 12.3. The molecule has 3 nitrogen and oxygen atoms in total. The minimum absolute atomic E-state index is 0.103. The summed E-state index contributed by atoms with van der Waals surface area (Å²) >= 11 is 0. The fourth-order valence-corrected chi connectivity index (χ4v) is 2.01. The predicted molar refractivity (Wildman–Crippen MR) is 68.3 cm³/mol. The van der Waals surface area contributed by atoms with Crippen LogP contribution in [0.3, 0.4) is 0 Å². The Labute approximate surface area is 103 Å². The lowest BCUT2D eigenvalue weighted by molar-refractivity contribution is -0.124. The fourth-order valence-electron chi connectivity index (χ4n) is 2.01. The predicted octanol–water partition coefficient (Wildman–Crippen LogP) is 1.95. The van der Waals surface area contributed by atoms with E-state index in [1.165, 1.54) is 16.7 Å². The second-order valence-corrected chi connectivity index (χ2v) is 4.73. The summed E-state index contributed by atoms with van der Waals surface area (Å²) in [4.78, 5) is 11.7. The van der Waals surface area contributed by atoms with Gasteiger partial charge in [0, 0.05) is 25.6 Å². The smallest absolute Gasteiger partial charge is 0.223 e. The summed E-state index contributed by atoms with van der Waals surface area (Å²) in [5.41, 5.74) is 3.92. The molecule has 1 amide bonds. The average Bonchev–Trinajstić information content (AvgIpc) is 2.82. The normalized spacial score (nSPS) is 15.4. The van der Waals surface area contributed by atoms with E-state index in [0.29, 0.717) is 6.54 Å². The van der Waals surface area contributed by atoms with Gasteiger partial charge in [-0.3, -0.25) is 4.79 Å². The maximum absolute atomic E-state index is 11.7. The lowest BCUT2D eigenvalue weighted by atomic mass is 10.1. The molecule has 1 atom stereocenters. The van der Waals surface area contributed by atoms with Crippen LogP contribution >= 0.6 is 0 Å². The molecule has 1 aromatic rings. The monoisotopic (exact) mass is 232 g/mol. The van der Waals surface area contributed by atoms with E-state index in [9.17, 15) is 4.79 Å². The topological polar surface area (TPSA) is 41.1 Å². The van der Waals surface area contributed by atoms with Crippen molar-refractivity contribution in [2.45, 2.75) is 39.9 Å². The molecule has 0 saturated heterocycles. The zero-order valence-corrected chi connectivity index (χ0v) is 10.5. The van der Waals surface area contributed by atoms with Crippen molar-refractivity contribution in [3.8, 4) is 0 Å². The minimum atomic E-state index is 0.103. The second-order valence-electron chi connectivity index (χ2n) is 4.73. The molecule has 1 aromatic carbocycles. The highest BCUT2D eigenvalue weighted by molar-refractivity contribution is 5.78. The molecule has 0 aliphatic carbocycles. The van der Waals surface area contributed by atoms with Gasteiger partial charge in [0.1, 0.15) is 0 Å². The third-order valence-electron chi connectivity index (χ3n) is 3.43. The van der Waals surface area contributed by atoms with Gasteiger partial charge >= 0.3 is 0 Å². The van der Waals surface area contributed by atoms with E-state index in [1.807, 2.05) is 13.8 Å². The third-order valence-corrected chi connectivity index (χ3v) is 3.43. The number of nitrogens with one attached hydrogen (secondary N) is 2. The number of hydrogen-bond acceptors (Lipinski definition) is 2. The van der Waals surface area contributed by atoms with Gasteiger partial charge < -0.3 is 10.6 Å². The minimum Gasteiger partial charge on any atom is -0.352 e. The molecule has 3 heteroatoms. The van der Waals surface area contributed by atoms with E-state index in [-0.39, 0.29) is 11.8 Å². The van der Waals surface area contributed by atoms with Crippen LogP contribution in [-0.2, 0) is 24.4 Å². The Kier molecular flexibility index (Phi) is 3.79. The van der Waals surface area contributed by atoms with Crippen molar-refractivity contribution in [1.29, 1.82) is 0 Å². The van der Waals surface area contributed by atoms with Crippen molar-refractivity contribution in [2.24, 2.45) is 5.92 Å². The van der Waals surface area contributed by atoms with Crippen molar-refractivity contribution in [1.82, 2.24) is 10.6 Å². The molecule has 2 N–H and O–H groups in total. The van der Waals surface area contributed by atoms with Gasteiger partial charge in [-0.25, -0.2) is 0 Å². The molecule has 17 heavy (non-hydrogen) atoms. The molecule has 1 heterocycles. The maximum atomic E-state index is 11.7. The number of amides is 1. The second kappa shape index (κ2) is 5.32. The molecule has 0 saturated carbocycles. The van der Waals surface area contributed by atoms with E-state index >= 15 is 0 Å². The Morgan fingerprint density at radius 2 is 2.18 bits per heavy atom. The van der Waals surface area contributed by atoms with E-state index < -0.39 is 0 Å². The highest BCUT2D eigenvalue weighted by Gasteiger charge is 2.12. The van der Waals surface area contributed by atoms with Crippen molar-refractivity contribution in [2.75, 3.05) is 0 Å². The highest BCUT2D eigenvalue weighted by Crippen LogP contribution is 2.17. The van der Waals surface area contributed by atoms with Crippen LogP contribution in [0.4, 0.5) is 0 Å². The van der Waals surface area contributed by atoms with Crippen molar-refractivity contribution >= 4 is 5.91 Å². The molecule has 0 fully saturated rings. The van der Waals surface area contributed by atoms with Gasteiger partial charge in [-0.2, -0.15) is 0 Å². The molecule has 0 spiro atoms. The Hall–Kier alpha value is -1.35. The first-order chi connectivity index (χ1) is 8.20. The molecule has 0 aromatic heterocycles. The maximum Gasteiger partial charge on any atom is 0.223 e. The van der Waals surface area contributed by atoms with Gasteiger partial charge in [-0.05, 0) is 23.1 Å². The molecule has 0 radical (unpaired) electrons. The number of carbonyl (C=O) groups excluding carboxylic acids is 1. The molecule has 1 aliphatic rings. The van der Waals surface area contributed by atoms with Crippen molar-refractivity contribution in [3.05, 3.63) is 34.9 Å². The van der Waals surface area contributed by atoms with Crippen LogP contribution in [-0.4, -0.2) is 5.91 Å². The van der Waals surface area contributed by atoms with Crippen molar-refractivity contribution < 1.29 is 4.79 Å². The number of fused-ring (bicyclic) bond motifs is 1. The summed E-state index contributed by atoms with van der Waals surface area (Å²) in [7, 11) is 0. The van der Waals surface area contributed by atoms with Gasteiger partial charge in [0.25, 0.3) is 0 Å². The van der Waals surface area contributed by atoms with Crippen LogP contribution in [0, 0.1) is 5.92 Å². The molecule has 1 aliphatic heterocycles. The zero-order valence-electron chi connectivity index (χ0n) is 10.5. The van der Waals surface area contributed by atoms with Gasteiger partial charge in [0.2, 0.25) is 5.91 Å². The van der Waals surface area contributed by atoms with Gasteiger partial charge in [-0.15, -0.1) is 0 Å². The van der Waals surface area contributed by atoms with E-state index in [4.69, 9.17) is 0 Å². The van der Waals surface area contributed by atoms with Crippen molar-refractivity contribution in [3.63, 3.8) is 0 Å². The number of rotatable bonds is 4. The summed E-state index contributed by atoms with van der Waals surface area (Å²) < 4.78 is 0. The quantitative estimate of drug-likeness (QED) is 0.833. The molecular formula is C14H20N2O. The van der Waals surface area contributed by atoms with Gasteiger partial charge in [0.15, 0.2) is 0 Å². The Balaban J connectivity index is 1.93. The first kappa shape index (κ1) is 12.1. The average molecular weight is 232 g/mol. The third kappa shape index (κ3) is 2.86.